The Morgan fingerprint density at radius 3 is 1.55 bits per heavy atom. The van der Waals surface area contributed by atoms with E-state index >= 15 is 0 Å². The molecule has 0 saturated carbocycles. The minimum absolute atomic E-state index is 0.204. The van der Waals surface area contributed by atoms with E-state index in [0.717, 1.165) is 13.2 Å². The molecule has 0 rings (SSSR count). The largest absolute Gasteiger partial charge is 0.476 e. The second kappa shape index (κ2) is 6.92. The summed E-state index contributed by atoms with van der Waals surface area (Å²) in [6.45, 7) is 4.71. The van der Waals surface area contributed by atoms with Crippen LogP contribution in [0.4, 0.5) is 0 Å². The van der Waals surface area contributed by atoms with Crippen LogP contribution in [0.2, 0.25) is 0 Å². The SMILES string of the molecule is CC(=O)C(=O)O.CC(C)C=O. The molecule has 0 fully saturated rings. The summed E-state index contributed by atoms with van der Waals surface area (Å²) in [6.07, 6.45) is 0.917. The van der Waals surface area contributed by atoms with Crippen molar-refractivity contribution in [2.45, 2.75) is 20.8 Å². The number of carboxylic acids is 1. The number of Topliss-reactive ketones (excluding diaryl/α,β-unsaturated/α-hetero) is 1. The number of carbonyl (C=O) groups is 3. The first-order valence-corrected chi connectivity index (χ1v) is 3.11. The summed E-state index contributed by atoms with van der Waals surface area (Å²) >= 11 is 0. The van der Waals surface area contributed by atoms with Crippen molar-refractivity contribution in [3.05, 3.63) is 0 Å². The highest BCUT2D eigenvalue weighted by Gasteiger charge is 1.98. The third-order valence-corrected chi connectivity index (χ3v) is 0.573. The Bertz CT molecular complexity index is 137. The van der Waals surface area contributed by atoms with Crippen LogP contribution in [0.1, 0.15) is 20.8 Å². The number of hydrogen-bond acceptors (Lipinski definition) is 3. The van der Waals surface area contributed by atoms with Crippen molar-refractivity contribution in [2.24, 2.45) is 5.92 Å². The maximum absolute atomic E-state index is 9.54. The molecule has 0 amide bonds. The van der Waals surface area contributed by atoms with Crippen LogP contribution in [0.15, 0.2) is 0 Å². The van der Waals surface area contributed by atoms with Crippen LogP contribution in [-0.4, -0.2) is 23.1 Å². The van der Waals surface area contributed by atoms with Crippen LogP contribution in [-0.2, 0) is 14.4 Å². The predicted molar refractivity (Wildman–Crippen MR) is 39.2 cm³/mol. The van der Waals surface area contributed by atoms with Gasteiger partial charge in [0.2, 0.25) is 5.78 Å². The molecule has 1 N–H and O–H groups in total. The van der Waals surface area contributed by atoms with E-state index in [0.29, 0.717) is 0 Å². The molecule has 0 aromatic rings. The predicted octanol–water partition coefficient (Wildman–Crippen LogP) is 0.501. The molecule has 4 nitrogen and oxygen atoms in total. The van der Waals surface area contributed by atoms with Crippen molar-refractivity contribution in [1.82, 2.24) is 0 Å². The Morgan fingerprint density at radius 1 is 1.36 bits per heavy atom. The Hall–Kier alpha value is -1.19. The van der Waals surface area contributed by atoms with Gasteiger partial charge in [-0.2, -0.15) is 0 Å². The van der Waals surface area contributed by atoms with Gasteiger partial charge in [0.1, 0.15) is 6.29 Å². The topological polar surface area (TPSA) is 71.4 Å². The third kappa shape index (κ3) is 17.7. The monoisotopic (exact) mass is 160 g/mol. The van der Waals surface area contributed by atoms with Crippen molar-refractivity contribution in [2.75, 3.05) is 0 Å². The fourth-order valence-corrected chi connectivity index (χ4v) is 0. The zero-order chi connectivity index (χ0) is 9.44. The average Bonchev–Trinajstić information content (AvgIpc) is 1.89. The molecule has 0 aliphatic carbocycles. The lowest BCUT2D eigenvalue weighted by Gasteiger charge is -1.78. The Kier molecular flexibility index (Phi) is 7.86. The fourth-order valence-electron chi connectivity index (χ4n) is 0. The summed E-state index contributed by atoms with van der Waals surface area (Å²) in [5.41, 5.74) is 0. The smallest absolute Gasteiger partial charge is 0.371 e. The first kappa shape index (κ1) is 12.5. The molecule has 0 heterocycles. The van der Waals surface area contributed by atoms with Crippen LogP contribution >= 0.6 is 0 Å². The van der Waals surface area contributed by atoms with Crippen molar-refractivity contribution >= 4 is 18.0 Å². The van der Waals surface area contributed by atoms with Gasteiger partial charge in [0.15, 0.2) is 0 Å². The van der Waals surface area contributed by atoms with Crippen LogP contribution in [0.25, 0.3) is 0 Å². The summed E-state index contributed by atoms with van der Waals surface area (Å²) in [5.74, 6) is -2.00. The van der Waals surface area contributed by atoms with E-state index in [9.17, 15) is 14.4 Å². The summed E-state index contributed by atoms with van der Waals surface area (Å²) in [5, 5.41) is 7.64. The first-order valence-electron chi connectivity index (χ1n) is 3.11. The molecule has 0 spiro atoms. The van der Waals surface area contributed by atoms with Gasteiger partial charge in [-0.3, -0.25) is 4.79 Å². The molecule has 0 aromatic heterocycles. The summed E-state index contributed by atoms with van der Waals surface area (Å²) in [4.78, 5) is 28.4. The molecule has 0 radical (unpaired) electrons. The van der Waals surface area contributed by atoms with E-state index in [-0.39, 0.29) is 5.92 Å². The second-order valence-electron chi connectivity index (χ2n) is 2.24. The molecule has 0 saturated heterocycles. The molecular formula is C7H12O4. The Morgan fingerprint density at radius 2 is 1.55 bits per heavy atom. The van der Waals surface area contributed by atoms with Crippen LogP contribution < -0.4 is 0 Å². The van der Waals surface area contributed by atoms with Gasteiger partial charge in [0.05, 0.1) is 0 Å². The third-order valence-electron chi connectivity index (χ3n) is 0.573. The average molecular weight is 160 g/mol. The van der Waals surface area contributed by atoms with Crippen molar-refractivity contribution in [1.29, 1.82) is 0 Å². The van der Waals surface area contributed by atoms with Crippen LogP contribution in [0.5, 0.6) is 0 Å². The standard InChI is InChI=1S/C4H8O.C3H4O3/c1-4(2)3-5;1-2(4)3(5)6/h3-4H,1-2H3;1H3,(H,5,6). The number of rotatable bonds is 2. The van der Waals surface area contributed by atoms with Crippen molar-refractivity contribution in [3.63, 3.8) is 0 Å². The summed E-state index contributed by atoms with van der Waals surface area (Å²) < 4.78 is 0. The zero-order valence-corrected chi connectivity index (χ0v) is 6.83. The maximum atomic E-state index is 9.54. The Labute approximate surface area is 65.2 Å². The first-order chi connectivity index (χ1) is 4.91. The van der Waals surface area contributed by atoms with Gasteiger partial charge in [-0.25, -0.2) is 4.79 Å². The van der Waals surface area contributed by atoms with E-state index in [1.807, 2.05) is 13.8 Å². The number of carbonyl (C=O) groups excluding carboxylic acids is 2. The van der Waals surface area contributed by atoms with E-state index in [4.69, 9.17) is 5.11 Å². The molecule has 0 aliphatic heterocycles. The Balaban J connectivity index is 0. The molecule has 0 bridgehead atoms. The molecule has 0 aromatic carbocycles. The highest BCUT2D eigenvalue weighted by atomic mass is 16.4. The van der Waals surface area contributed by atoms with Gasteiger partial charge in [-0.05, 0) is 0 Å². The zero-order valence-electron chi connectivity index (χ0n) is 6.83. The number of aliphatic carboxylic acids is 1. The summed E-state index contributed by atoms with van der Waals surface area (Å²) in [6, 6.07) is 0. The van der Waals surface area contributed by atoms with Crippen molar-refractivity contribution in [3.8, 4) is 0 Å². The van der Waals surface area contributed by atoms with Gasteiger partial charge in [-0.15, -0.1) is 0 Å². The molecule has 0 atom stereocenters. The van der Waals surface area contributed by atoms with Gasteiger partial charge < -0.3 is 9.90 Å². The van der Waals surface area contributed by atoms with Gasteiger partial charge >= 0.3 is 5.97 Å². The van der Waals surface area contributed by atoms with Crippen molar-refractivity contribution < 1.29 is 19.5 Å². The molecule has 0 aliphatic rings. The minimum atomic E-state index is -1.38. The quantitative estimate of drug-likeness (QED) is 0.471. The fraction of sp³-hybridized carbons (Fsp3) is 0.571. The highest BCUT2D eigenvalue weighted by molar-refractivity contribution is 6.31. The summed E-state index contributed by atoms with van der Waals surface area (Å²) in [7, 11) is 0. The molecule has 0 unspecified atom stereocenters. The van der Waals surface area contributed by atoms with E-state index < -0.39 is 11.8 Å². The van der Waals surface area contributed by atoms with E-state index in [1.165, 1.54) is 0 Å². The van der Waals surface area contributed by atoms with Gasteiger partial charge in [0, 0.05) is 12.8 Å². The maximum Gasteiger partial charge on any atom is 0.371 e. The number of aldehydes is 1. The van der Waals surface area contributed by atoms with E-state index in [2.05, 4.69) is 0 Å². The lowest BCUT2D eigenvalue weighted by atomic mass is 10.3. The van der Waals surface area contributed by atoms with Crippen LogP contribution in [0.3, 0.4) is 0 Å². The number of carboxylic acid groups (broad SMARTS) is 1. The minimum Gasteiger partial charge on any atom is -0.476 e. The lowest BCUT2D eigenvalue weighted by molar-refractivity contribution is -0.148. The second-order valence-corrected chi connectivity index (χ2v) is 2.24. The van der Waals surface area contributed by atoms with E-state index in [1.54, 1.807) is 0 Å². The van der Waals surface area contributed by atoms with Crippen LogP contribution in [0, 0.1) is 5.92 Å². The molecular weight excluding hydrogens is 148 g/mol. The number of ketones is 1. The molecule has 4 heteroatoms. The van der Waals surface area contributed by atoms with Gasteiger partial charge in [-0.1, -0.05) is 13.8 Å². The molecule has 11 heavy (non-hydrogen) atoms. The lowest BCUT2D eigenvalue weighted by Crippen LogP contribution is -2.05. The molecule has 64 valence electrons. The number of hydrogen-bond donors (Lipinski definition) is 1. The van der Waals surface area contributed by atoms with Gasteiger partial charge in [0.25, 0.3) is 0 Å². The normalized spacial score (nSPS) is 8.00. The highest BCUT2D eigenvalue weighted by Crippen LogP contribution is 1.78.